The van der Waals surface area contributed by atoms with Crippen molar-refractivity contribution in [1.82, 2.24) is 9.88 Å². The molecule has 0 unspecified atom stereocenters. The molecule has 1 amide bonds. The Morgan fingerprint density at radius 1 is 1.32 bits per heavy atom. The maximum Gasteiger partial charge on any atom is 0.325 e. The minimum atomic E-state index is -0.425. The number of esters is 1. The van der Waals surface area contributed by atoms with Gasteiger partial charge in [0.05, 0.1) is 7.11 Å². The summed E-state index contributed by atoms with van der Waals surface area (Å²) in [5, 5.41) is 0.972. The Labute approximate surface area is 111 Å². The zero-order chi connectivity index (χ0) is 13.8. The Morgan fingerprint density at radius 2 is 2.05 bits per heavy atom. The number of rotatable bonds is 4. The van der Waals surface area contributed by atoms with Crippen molar-refractivity contribution in [2.24, 2.45) is 0 Å². The van der Waals surface area contributed by atoms with Crippen molar-refractivity contribution in [2.45, 2.75) is 6.92 Å². The Hall–Kier alpha value is -2.30. The second kappa shape index (κ2) is 5.56. The summed E-state index contributed by atoms with van der Waals surface area (Å²) < 4.78 is 4.58. The Kier molecular flexibility index (Phi) is 3.85. The Bertz CT molecular complexity index is 571. The molecule has 0 aliphatic carbocycles. The van der Waals surface area contributed by atoms with Crippen LogP contribution >= 0.6 is 0 Å². The highest BCUT2D eigenvalue weighted by atomic mass is 16.5. The van der Waals surface area contributed by atoms with Gasteiger partial charge in [0.2, 0.25) is 0 Å². The third-order valence-corrected chi connectivity index (χ3v) is 2.98. The SMILES string of the molecule is CCN(CC(=O)OC)C(=O)c1cc2ccccc2[nH]1. The van der Waals surface area contributed by atoms with Crippen LogP contribution in [-0.4, -0.2) is 42.0 Å². The molecule has 1 aromatic heterocycles. The van der Waals surface area contributed by atoms with Crippen LogP contribution in [-0.2, 0) is 9.53 Å². The second-order valence-electron chi connectivity index (χ2n) is 4.17. The van der Waals surface area contributed by atoms with E-state index in [0.717, 1.165) is 10.9 Å². The number of carbonyl (C=O) groups is 2. The molecule has 0 atom stereocenters. The molecule has 0 radical (unpaired) electrons. The topological polar surface area (TPSA) is 62.4 Å². The summed E-state index contributed by atoms with van der Waals surface area (Å²) in [5.41, 5.74) is 1.38. The summed E-state index contributed by atoms with van der Waals surface area (Å²) in [7, 11) is 1.31. The van der Waals surface area contributed by atoms with Gasteiger partial charge in [-0.3, -0.25) is 9.59 Å². The van der Waals surface area contributed by atoms with Gasteiger partial charge in [0.25, 0.3) is 5.91 Å². The maximum absolute atomic E-state index is 12.3. The lowest BCUT2D eigenvalue weighted by molar-refractivity contribution is -0.141. The molecule has 0 aliphatic heterocycles. The zero-order valence-electron chi connectivity index (χ0n) is 11.0. The number of nitrogens with zero attached hydrogens (tertiary/aromatic N) is 1. The lowest BCUT2D eigenvalue weighted by Gasteiger charge is -2.18. The largest absolute Gasteiger partial charge is 0.468 e. The van der Waals surface area contributed by atoms with Crippen LogP contribution in [0.25, 0.3) is 10.9 Å². The molecular weight excluding hydrogens is 244 g/mol. The van der Waals surface area contributed by atoms with Gasteiger partial charge in [0, 0.05) is 17.4 Å². The summed E-state index contributed by atoms with van der Waals surface area (Å²) >= 11 is 0. The molecule has 2 aromatic rings. The Morgan fingerprint density at radius 3 is 2.68 bits per heavy atom. The fraction of sp³-hybridized carbons (Fsp3) is 0.286. The van der Waals surface area contributed by atoms with E-state index < -0.39 is 5.97 Å². The molecule has 5 nitrogen and oxygen atoms in total. The zero-order valence-corrected chi connectivity index (χ0v) is 11.0. The highest BCUT2D eigenvalue weighted by Gasteiger charge is 2.19. The van der Waals surface area contributed by atoms with Crippen molar-refractivity contribution in [3.63, 3.8) is 0 Å². The monoisotopic (exact) mass is 260 g/mol. The molecule has 0 spiro atoms. The average Bonchev–Trinajstić information content (AvgIpc) is 2.87. The lowest BCUT2D eigenvalue weighted by atomic mass is 10.2. The summed E-state index contributed by atoms with van der Waals surface area (Å²) in [6.45, 7) is 2.23. The van der Waals surface area contributed by atoms with Gasteiger partial charge in [0.1, 0.15) is 12.2 Å². The highest BCUT2D eigenvalue weighted by Crippen LogP contribution is 2.16. The molecule has 0 saturated heterocycles. The quantitative estimate of drug-likeness (QED) is 0.853. The Balaban J connectivity index is 2.23. The fourth-order valence-corrected chi connectivity index (χ4v) is 1.91. The van der Waals surface area contributed by atoms with Crippen LogP contribution < -0.4 is 0 Å². The summed E-state index contributed by atoms with van der Waals surface area (Å²) in [6.07, 6.45) is 0. The number of amides is 1. The number of ether oxygens (including phenoxy) is 1. The van der Waals surface area contributed by atoms with E-state index in [1.165, 1.54) is 12.0 Å². The van der Waals surface area contributed by atoms with E-state index in [2.05, 4.69) is 9.72 Å². The van der Waals surface area contributed by atoms with Crippen molar-refractivity contribution in [3.8, 4) is 0 Å². The van der Waals surface area contributed by atoms with Crippen molar-refractivity contribution < 1.29 is 14.3 Å². The van der Waals surface area contributed by atoms with Gasteiger partial charge in [0.15, 0.2) is 0 Å². The van der Waals surface area contributed by atoms with Crippen LogP contribution in [0.2, 0.25) is 0 Å². The molecule has 2 rings (SSSR count). The first-order valence-electron chi connectivity index (χ1n) is 6.09. The number of carbonyl (C=O) groups excluding carboxylic acids is 2. The number of hydrogen-bond acceptors (Lipinski definition) is 3. The number of aromatic nitrogens is 1. The molecule has 19 heavy (non-hydrogen) atoms. The molecule has 1 aromatic carbocycles. The first-order chi connectivity index (χ1) is 9.15. The summed E-state index contributed by atoms with van der Waals surface area (Å²) in [4.78, 5) is 28.0. The van der Waals surface area contributed by atoms with E-state index in [1.54, 1.807) is 6.07 Å². The first-order valence-corrected chi connectivity index (χ1v) is 6.09. The molecule has 100 valence electrons. The fourth-order valence-electron chi connectivity index (χ4n) is 1.91. The molecule has 1 heterocycles. The van der Waals surface area contributed by atoms with Gasteiger partial charge in [-0.2, -0.15) is 0 Å². The number of aromatic amines is 1. The number of H-pyrrole nitrogens is 1. The number of nitrogens with one attached hydrogen (secondary N) is 1. The number of likely N-dealkylation sites (N-methyl/N-ethyl adjacent to an activating group) is 1. The molecular formula is C14H16N2O3. The molecule has 5 heteroatoms. The third kappa shape index (κ3) is 2.76. The minimum Gasteiger partial charge on any atom is -0.468 e. The standard InChI is InChI=1S/C14H16N2O3/c1-3-16(9-13(17)19-2)14(18)12-8-10-6-4-5-7-11(10)15-12/h4-8,15H,3,9H2,1-2H3. The first kappa shape index (κ1) is 13.1. The highest BCUT2D eigenvalue weighted by molar-refractivity contribution is 5.99. The second-order valence-corrected chi connectivity index (χ2v) is 4.17. The van der Waals surface area contributed by atoms with Crippen LogP contribution in [0.4, 0.5) is 0 Å². The smallest absolute Gasteiger partial charge is 0.325 e. The van der Waals surface area contributed by atoms with Gasteiger partial charge in [-0.25, -0.2) is 0 Å². The van der Waals surface area contributed by atoms with Crippen LogP contribution in [0, 0.1) is 0 Å². The molecule has 0 bridgehead atoms. The number of methoxy groups -OCH3 is 1. The van der Waals surface area contributed by atoms with E-state index >= 15 is 0 Å². The number of para-hydroxylation sites is 1. The molecule has 0 saturated carbocycles. The van der Waals surface area contributed by atoms with Gasteiger partial charge >= 0.3 is 5.97 Å². The molecule has 0 aliphatic rings. The van der Waals surface area contributed by atoms with Gasteiger partial charge in [-0.15, -0.1) is 0 Å². The van der Waals surface area contributed by atoms with Crippen LogP contribution in [0.1, 0.15) is 17.4 Å². The number of benzene rings is 1. The van der Waals surface area contributed by atoms with E-state index in [0.29, 0.717) is 12.2 Å². The maximum atomic E-state index is 12.3. The van der Waals surface area contributed by atoms with Crippen LogP contribution in [0.3, 0.4) is 0 Å². The van der Waals surface area contributed by atoms with E-state index in [9.17, 15) is 9.59 Å². The molecule has 0 fully saturated rings. The summed E-state index contributed by atoms with van der Waals surface area (Å²) in [5.74, 6) is -0.629. The number of hydrogen-bond donors (Lipinski definition) is 1. The number of fused-ring (bicyclic) bond motifs is 1. The van der Waals surface area contributed by atoms with Gasteiger partial charge < -0.3 is 14.6 Å². The van der Waals surface area contributed by atoms with Crippen molar-refractivity contribution >= 4 is 22.8 Å². The van der Waals surface area contributed by atoms with Crippen molar-refractivity contribution in [3.05, 3.63) is 36.0 Å². The predicted molar refractivity (Wildman–Crippen MR) is 71.9 cm³/mol. The van der Waals surface area contributed by atoms with Gasteiger partial charge in [-0.05, 0) is 19.1 Å². The predicted octanol–water partition coefficient (Wildman–Crippen LogP) is 1.80. The van der Waals surface area contributed by atoms with E-state index in [1.807, 2.05) is 31.2 Å². The van der Waals surface area contributed by atoms with E-state index in [4.69, 9.17) is 0 Å². The normalized spacial score (nSPS) is 10.4. The van der Waals surface area contributed by atoms with Crippen LogP contribution in [0.15, 0.2) is 30.3 Å². The lowest BCUT2D eigenvalue weighted by Crippen LogP contribution is -2.36. The summed E-state index contributed by atoms with van der Waals surface area (Å²) in [6, 6.07) is 9.44. The third-order valence-electron chi connectivity index (χ3n) is 2.98. The average molecular weight is 260 g/mol. The van der Waals surface area contributed by atoms with Crippen LogP contribution in [0.5, 0.6) is 0 Å². The van der Waals surface area contributed by atoms with E-state index in [-0.39, 0.29) is 12.5 Å². The van der Waals surface area contributed by atoms with Gasteiger partial charge in [-0.1, -0.05) is 18.2 Å². The minimum absolute atomic E-state index is 0.0405. The van der Waals surface area contributed by atoms with Crippen molar-refractivity contribution in [2.75, 3.05) is 20.2 Å². The molecule has 1 N–H and O–H groups in total. The van der Waals surface area contributed by atoms with Crippen molar-refractivity contribution in [1.29, 1.82) is 0 Å².